The zero-order valence-electron chi connectivity index (χ0n) is 54.5. The largest absolute Gasteiger partial charge is 0.432 e. The van der Waals surface area contributed by atoms with Crippen LogP contribution in [0.1, 0.15) is 106 Å². The van der Waals surface area contributed by atoms with Crippen LogP contribution >= 0.6 is 0 Å². The van der Waals surface area contributed by atoms with E-state index in [1.54, 1.807) is 0 Å². The minimum atomic E-state index is -1.96. The molecule has 0 aromatic heterocycles. The van der Waals surface area contributed by atoms with E-state index in [-0.39, 0.29) is 30.6 Å². The number of rotatable bonds is 17. The van der Waals surface area contributed by atoms with Crippen LogP contribution in [0.5, 0.6) is 0 Å². The minimum Gasteiger partial charge on any atom is -0.432 e. The first-order valence-electron chi connectivity index (χ1n) is 33.5. The third-order valence-corrected chi connectivity index (χ3v) is 24.6. The third-order valence-electron chi connectivity index (χ3n) is 24.6. The summed E-state index contributed by atoms with van der Waals surface area (Å²) in [5, 5.41) is 220. The Kier molecular flexibility index (Phi) is 22.1. The van der Waals surface area contributed by atoms with Gasteiger partial charge in [-0.1, -0.05) is 46.3 Å². The SMILES string of the molecule is C[C@@H]1O[C@@H](O[C@@H]2C[C@@H](O)[C@@H](O)O[C@H]2OC(=O)[C@]23CCC(C)(C)C[C@H]2C2=CCC4[C@@]5(C)C[C@H](O)[C@H](O[C@@H]6O[C@H](CO[C@@H]7O[C@H](CO)[C@@H](O)[C@H](O)[C@H]7O)[C@@H](O)[C@H](O)[C@H]6O)C(CO)(CO)[C@@H]5CC[C@@]4(C)[C@]2(C)C[C@H]3O)[C@H](O)[C@H](O)[C@H]1O[C@H]1C[C@H](O)[C@@H](O[C@@H]2O[C@@H](CO)[C@@H](O)[C@H]2O)[C@H](O)O1. The lowest BCUT2D eigenvalue weighted by molar-refractivity contribution is -0.381. The molecule has 10 fully saturated rings. The van der Waals surface area contributed by atoms with Gasteiger partial charge in [0.1, 0.15) is 109 Å². The van der Waals surface area contributed by atoms with Crippen LogP contribution in [-0.2, 0) is 61.6 Å². The van der Waals surface area contributed by atoms with Gasteiger partial charge in [0.2, 0.25) is 6.29 Å². The lowest BCUT2D eigenvalue weighted by Gasteiger charge is -2.72. The van der Waals surface area contributed by atoms with Crippen molar-refractivity contribution in [2.45, 2.75) is 290 Å². The van der Waals surface area contributed by atoms with Crippen molar-refractivity contribution in [1.82, 2.24) is 0 Å². The van der Waals surface area contributed by atoms with Gasteiger partial charge in [-0.05, 0) is 97.7 Å². The number of fused-ring (bicyclic) bond motifs is 7. The Morgan fingerprint density at radius 1 is 0.531 bits per heavy atom. The van der Waals surface area contributed by atoms with Crippen molar-refractivity contribution in [2.24, 2.45) is 50.2 Å². The molecule has 11 aliphatic rings. The fraction of sp³-hybridized carbons (Fsp3) is 0.952. The Bertz CT molecular complexity index is 2680. The van der Waals surface area contributed by atoms with E-state index in [1.165, 1.54) is 6.92 Å². The van der Waals surface area contributed by atoms with Crippen LogP contribution in [0.25, 0.3) is 0 Å². The quantitative estimate of drug-likeness (QED) is 0.0366. The summed E-state index contributed by atoms with van der Waals surface area (Å²) in [5.41, 5.74) is -5.23. The van der Waals surface area contributed by atoms with Gasteiger partial charge in [0, 0.05) is 18.3 Å². The normalized spacial score (nSPS) is 54.0. The Labute approximate surface area is 553 Å². The Morgan fingerprint density at radius 3 is 1.76 bits per heavy atom. The second-order valence-corrected chi connectivity index (χ2v) is 30.5. The first-order chi connectivity index (χ1) is 45.1. The van der Waals surface area contributed by atoms with Crippen LogP contribution in [0.2, 0.25) is 0 Å². The van der Waals surface area contributed by atoms with Gasteiger partial charge < -0.3 is 159 Å². The molecule has 96 heavy (non-hydrogen) atoms. The Morgan fingerprint density at radius 2 is 1.11 bits per heavy atom. The van der Waals surface area contributed by atoms with Crippen LogP contribution in [0.4, 0.5) is 0 Å². The molecule has 20 N–H and O–H groups in total. The van der Waals surface area contributed by atoms with Crippen molar-refractivity contribution in [3.05, 3.63) is 11.6 Å². The molecule has 33 nitrogen and oxygen atoms in total. The number of hydrogen-bond donors (Lipinski definition) is 20. The molecular formula is C63H102O33. The summed E-state index contributed by atoms with van der Waals surface area (Å²) in [6.07, 6.45) is -45.5. The zero-order valence-corrected chi connectivity index (χ0v) is 54.5. The van der Waals surface area contributed by atoms with E-state index in [2.05, 4.69) is 33.8 Å². The van der Waals surface area contributed by atoms with E-state index in [0.717, 1.165) is 5.57 Å². The predicted octanol–water partition coefficient (Wildman–Crippen LogP) is -6.86. The highest BCUT2D eigenvalue weighted by molar-refractivity contribution is 5.80. The highest BCUT2D eigenvalue weighted by atomic mass is 16.8. The first-order valence-corrected chi connectivity index (χ1v) is 33.5. The molecule has 0 radical (unpaired) electrons. The van der Waals surface area contributed by atoms with Crippen molar-refractivity contribution >= 4 is 5.97 Å². The van der Waals surface area contributed by atoms with E-state index in [4.69, 9.17) is 56.8 Å². The number of allylic oxidation sites excluding steroid dienone is 2. The average molecular weight is 1390 g/mol. The lowest BCUT2D eigenvalue weighted by atomic mass is 9.33. The summed E-state index contributed by atoms with van der Waals surface area (Å²) in [4.78, 5) is 15.5. The van der Waals surface area contributed by atoms with Gasteiger partial charge in [0.05, 0.1) is 63.6 Å². The summed E-state index contributed by atoms with van der Waals surface area (Å²) >= 11 is 0. The third kappa shape index (κ3) is 12.7. The maximum atomic E-state index is 15.5. The number of aliphatic hydroxyl groups is 20. The molecule has 0 amide bonds. The molecule has 552 valence electrons. The Hall–Kier alpha value is -2.03. The topological polar surface area (TPSA) is 532 Å². The second-order valence-electron chi connectivity index (χ2n) is 30.5. The minimum absolute atomic E-state index is 0.0198. The van der Waals surface area contributed by atoms with Gasteiger partial charge in [-0.3, -0.25) is 4.79 Å². The first kappa shape index (κ1) is 75.1. The summed E-state index contributed by atoms with van der Waals surface area (Å²) in [5.74, 6) is -2.48. The molecule has 4 saturated carbocycles. The van der Waals surface area contributed by atoms with Crippen LogP contribution < -0.4 is 0 Å². The molecule has 0 aromatic rings. The van der Waals surface area contributed by atoms with Crippen molar-refractivity contribution in [1.29, 1.82) is 0 Å². The predicted molar refractivity (Wildman–Crippen MR) is 314 cm³/mol. The molecule has 6 saturated heterocycles. The van der Waals surface area contributed by atoms with Crippen molar-refractivity contribution < 1.29 is 164 Å². The fourth-order valence-electron chi connectivity index (χ4n) is 18.9. The summed E-state index contributed by atoms with van der Waals surface area (Å²) in [7, 11) is 0. The van der Waals surface area contributed by atoms with E-state index in [0.29, 0.717) is 32.1 Å². The number of carbonyl (C=O) groups is 1. The molecule has 11 rings (SSSR count). The maximum Gasteiger partial charge on any atom is 0.317 e. The molecule has 5 aliphatic carbocycles. The standard InChI is InChI=1S/C63H102O33/c1-23-47(91-36-14-26(68)48(51(83)92-36)93-55-43(78)38(73)31(19-65)89-55)42(77)46(81)54(86-23)87-29-13-27(69)50(82)95-52(29)96-57(84)63-12-11-58(2,3)15-25(63)24-7-8-33-59(4)16-28(70)49(62(21-66,22-67)34(59)9-10-60(33,5)61(24,6)17-35(63)71)94-56-45(80)41(76)39(74)32(90-56)20-85-53-44(79)40(75)37(72)30(18-64)88-53/h7,23,25-56,64-83H,8-22H2,1-6H3/t23-,25-,26-,27+,28-,29+,30+,31-,32+,33?,34+,35+,36+,37+,38+,39+,40-,41-,42-,43+,44+,45+,46+,47-,48+,49-,50-,51+,52-,53+,54-,55-,56-,59+,60+,61+,63+/m0/s1. The molecule has 37 atom stereocenters. The molecule has 6 aliphatic heterocycles. The monoisotopic (exact) mass is 1390 g/mol. The number of hydrogen-bond acceptors (Lipinski definition) is 33. The molecule has 0 spiro atoms. The number of aliphatic hydroxyl groups excluding tert-OH is 20. The van der Waals surface area contributed by atoms with E-state index >= 15 is 4.79 Å². The second kappa shape index (κ2) is 28.2. The fourth-order valence-corrected chi connectivity index (χ4v) is 18.9. The number of ether oxygens (including phenoxy) is 12. The van der Waals surface area contributed by atoms with E-state index in [1.807, 2.05) is 6.92 Å². The summed E-state index contributed by atoms with van der Waals surface area (Å²) < 4.78 is 69.9. The van der Waals surface area contributed by atoms with Crippen molar-refractivity contribution in [3.8, 4) is 0 Å². The average Bonchev–Trinajstić information content (AvgIpc) is 0.750. The summed E-state index contributed by atoms with van der Waals surface area (Å²) in [6.45, 7) is 8.23. The van der Waals surface area contributed by atoms with Crippen LogP contribution in [0.15, 0.2) is 11.6 Å². The van der Waals surface area contributed by atoms with Crippen LogP contribution in [0, 0.1) is 50.2 Å². The smallest absolute Gasteiger partial charge is 0.317 e. The number of carbonyl (C=O) groups excluding carboxylic acids is 1. The van der Waals surface area contributed by atoms with E-state index < -0.39 is 275 Å². The van der Waals surface area contributed by atoms with Gasteiger partial charge in [0.15, 0.2) is 44.0 Å². The lowest BCUT2D eigenvalue weighted by Crippen LogP contribution is -2.71. The molecule has 0 bridgehead atoms. The zero-order chi connectivity index (χ0) is 70.0. The van der Waals surface area contributed by atoms with Gasteiger partial charge in [-0.2, -0.15) is 0 Å². The van der Waals surface area contributed by atoms with Gasteiger partial charge in [0.25, 0.3) is 0 Å². The molecule has 0 aromatic carbocycles. The van der Waals surface area contributed by atoms with Gasteiger partial charge >= 0.3 is 5.97 Å². The summed E-state index contributed by atoms with van der Waals surface area (Å²) in [6, 6.07) is 0. The van der Waals surface area contributed by atoms with Crippen LogP contribution in [0.3, 0.4) is 0 Å². The molecule has 1 unspecified atom stereocenters. The molecule has 6 heterocycles. The maximum absolute atomic E-state index is 15.5. The van der Waals surface area contributed by atoms with E-state index in [9.17, 15) is 102 Å². The highest BCUT2D eigenvalue weighted by Gasteiger charge is 2.74. The van der Waals surface area contributed by atoms with Crippen molar-refractivity contribution in [2.75, 3.05) is 33.0 Å². The van der Waals surface area contributed by atoms with Gasteiger partial charge in [-0.15, -0.1) is 0 Å². The van der Waals surface area contributed by atoms with Gasteiger partial charge in [-0.25, -0.2) is 0 Å². The van der Waals surface area contributed by atoms with Crippen molar-refractivity contribution in [3.63, 3.8) is 0 Å². The highest BCUT2D eigenvalue weighted by Crippen LogP contribution is 2.76. The number of esters is 1. The molecule has 33 heteroatoms. The van der Waals surface area contributed by atoms with Crippen LogP contribution in [-0.4, -0.2) is 326 Å². The Balaban J connectivity index is 0.784. The molecular weight excluding hydrogens is 1280 g/mol.